The van der Waals surface area contributed by atoms with Gasteiger partial charge in [-0.1, -0.05) is 65.8 Å². The van der Waals surface area contributed by atoms with E-state index in [1.54, 1.807) is 48.5 Å². The second-order valence-electron chi connectivity index (χ2n) is 6.74. The van der Waals surface area contributed by atoms with E-state index in [4.69, 9.17) is 5.53 Å². The van der Waals surface area contributed by atoms with Crippen molar-refractivity contribution in [3.63, 3.8) is 0 Å². The first-order valence-electron chi connectivity index (χ1n) is 10.0. The van der Waals surface area contributed by atoms with Crippen LogP contribution in [0.4, 0.5) is 22.7 Å². The van der Waals surface area contributed by atoms with Crippen LogP contribution >= 0.6 is 0 Å². The highest BCUT2D eigenvalue weighted by atomic mass is 16.6. The van der Waals surface area contributed by atoms with E-state index in [9.17, 15) is 14.9 Å². The Morgan fingerprint density at radius 2 is 1.15 bits per heavy atom. The van der Waals surface area contributed by atoms with Crippen molar-refractivity contribution in [1.29, 1.82) is 0 Å². The van der Waals surface area contributed by atoms with Crippen LogP contribution in [0.5, 0.6) is 0 Å². The fourth-order valence-corrected chi connectivity index (χ4v) is 2.74. The van der Waals surface area contributed by atoms with Crippen LogP contribution in [-0.4, -0.2) is 10.7 Å². The normalized spacial score (nSPS) is 10.0. The van der Waals surface area contributed by atoms with Crippen molar-refractivity contribution < 1.29 is 9.72 Å². The van der Waals surface area contributed by atoms with Crippen LogP contribution in [0.2, 0.25) is 0 Å². The first-order valence-corrected chi connectivity index (χ1v) is 10.0. The third-order valence-electron chi connectivity index (χ3n) is 4.42. The standard InChI is InChI=1S/C13H9NO3.C12H9N5/c15-13(10-4-2-1-3-5-10)11-6-8-12(9-7-11)14(16)17;13-17-16-12-8-6-11(7-9-12)15-14-10-4-2-1-3-5-10/h2*1-9H. The quantitative estimate of drug-likeness (QED) is 0.0738. The summed E-state index contributed by atoms with van der Waals surface area (Å²) in [7, 11) is 0. The number of benzene rings is 4. The molecule has 9 nitrogen and oxygen atoms in total. The molecule has 4 aromatic carbocycles. The summed E-state index contributed by atoms with van der Waals surface area (Å²) in [5.41, 5.74) is 11.3. The third-order valence-corrected chi connectivity index (χ3v) is 4.42. The zero-order valence-corrected chi connectivity index (χ0v) is 17.8. The Balaban J connectivity index is 0.000000191. The number of nitro groups is 1. The molecule has 0 amide bonds. The van der Waals surface area contributed by atoms with Gasteiger partial charge in [-0.2, -0.15) is 10.2 Å². The molecule has 0 fully saturated rings. The summed E-state index contributed by atoms with van der Waals surface area (Å²) in [6, 6.07) is 30.7. The zero-order chi connectivity index (χ0) is 24.2. The number of azide groups is 1. The van der Waals surface area contributed by atoms with Gasteiger partial charge in [0.05, 0.1) is 16.3 Å². The zero-order valence-electron chi connectivity index (χ0n) is 17.8. The number of nitro benzene ring substituents is 1. The first-order chi connectivity index (χ1) is 16.6. The minimum Gasteiger partial charge on any atom is -0.289 e. The summed E-state index contributed by atoms with van der Waals surface area (Å²) >= 11 is 0. The van der Waals surface area contributed by atoms with Gasteiger partial charge in [0.1, 0.15) is 0 Å². The molecule has 4 rings (SSSR count). The molecule has 0 heterocycles. The van der Waals surface area contributed by atoms with Crippen molar-refractivity contribution >= 4 is 28.5 Å². The summed E-state index contributed by atoms with van der Waals surface area (Å²) in [6.07, 6.45) is 0. The van der Waals surface area contributed by atoms with Crippen molar-refractivity contribution in [1.82, 2.24) is 0 Å². The first kappa shape index (κ1) is 23.5. The van der Waals surface area contributed by atoms with Crippen LogP contribution in [0.25, 0.3) is 10.4 Å². The smallest absolute Gasteiger partial charge is 0.269 e. The monoisotopic (exact) mass is 450 g/mol. The van der Waals surface area contributed by atoms with E-state index in [1.807, 2.05) is 36.4 Å². The number of hydrogen-bond acceptors (Lipinski definition) is 6. The van der Waals surface area contributed by atoms with Crippen LogP contribution < -0.4 is 0 Å². The molecule has 0 aliphatic heterocycles. The van der Waals surface area contributed by atoms with E-state index < -0.39 is 4.92 Å². The van der Waals surface area contributed by atoms with Crippen LogP contribution in [0, 0.1) is 10.1 Å². The van der Waals surface area contributed by atoms with Gasteiger partial charge < -0.3 is 0 Å². The van der Waals surface area contributed by atoms with Crippen LogP contribution in [0.1, 0.15) is 15.9 Å². The molecule has 0 radical (unpaired) electrons. The molecular formula is C25H18N6O3. The number of ketones is 1. The van der Waals surface area contributed by atoms with Crippen molar-refractivity contribution in [2.75, 3.05) is 0 Å². The van der Waals surface area contributed by atoms with Gasteiger partial charge in [-0.3, -0.25) is 14.9 Å². The Morgan fingerprint density at radius 3 is 1.68 bits per heavy atom. The molecule has 4 aromatic rings. The van der Waals surface area contributed by atoms with E-state index >= 15 is 0 Å². The molecule has 9 heteroatoms. The minimum absolute atomic E-state index is 0.0189. The maximum absolute atomic E-state index is 12.0. The Labute approximate surface area is 194 Å². The predicted octanol–water partition coefficient (Wildman–Crippen LogP) is 7.87. The fourth-order valence-electron chi connectivity index (χ4n) is 2.74. The lowest BCUT2D eigenvalue weighted by Crippen LogP contribution is -2.00. The molecule has 0 unspecified atom stereocenters. The third kappa shape index (κ3) is 6.94. The van der Waals surface area contributed by atoms with E-state index in [0.29, 0.717) is 22.5 Å². The molecular weight excluding hydrogens is 432 g/mol. The van der Waals surface area contributed by atoms with Crippen molar-refractivity contribution in [2.45, 2.75) is 0 Å². The van der Waals surface area contributed by atoms with Gasteiger partial charge in [-0.05, 0) is 41.9 Å². The SMILES string of the molecule is O=C(c1ccccc1)c1ccc([N+](=O)[O-])cc1.[N-]=[N+]=Nc1ccc(N=Nc2ccccc2)cc1. The van der Waals surface area contributed by atoms with Crippen molar-refractivity contribution in [2.24, 2.45) is 15.3 Å². The van der Waals surface area contributed by atoms with Gasteiger partial charge in [-0.15, -0.1) is 0 Å². The number of rotatable bonds is 6. The van der Waals surface area contributed by atoms with Gasteiger partial charge in [0.2, 0.25) is 0 Å². The number of carbonyl (C=O) groups excluding carboxylic acids is 1. The maximum atomic E-state index is 12.0. The lowest BCUT2D eigenvalue weighted by Gasteiger charge is -2.00. The lowest BCUT2D eigenvalue weighted by atomic mass is 10.0. The summed E-state index contributed by atoms with van der Waals surface area (Å²) in [5.74, 6) is -0.138. The number of hydrogen-bond donors (Lipinski definition) is 0. The molecule has 0 bridgehead atoms. The van der Waals surface area contributed by atoms with E-state index in [0.717, 1.165) is 5.69 Å². The van der Waals surface area contributed by atoms with Crippen LogP contribution in [-0.2, 0) is 0 Å². The van der Waals surface area contributed by atoms with Crippen molar-refractivity contribution in [3.8, 4) is 0 Å². The highest BCUT2D eigenvalue weighted by Crippen LogP contribution is 2.21. The molecule has 0 aliphatic carbocycles. The molecule has 0 aliphatic rings. The molecule has 166 valence electrons. The summed E-state index contributed by atoms with van der Waals surface area (Å²) in [5, 5.41) is 22.1. The number of azo groups is 1. The molecule has 0 saturated carbocycles. The molecule has 0 aromatic heterocycles. The summed E-state index contributed by atoms with van der Waals surface area (Å²) in [4.78, 5) is 24.6. The highest BCUT2D eigenvalue weighted by molar-refractivity contribution is 6.09. The average Bonchev–Trinajstić information content (AvgIpc) is 2.89. The molecule has 34 heavy (non-hydrogen) atoms. The van der Waals surface area contributed by atoms with E-state index in [2.05, 4.69) is 20.3 Å². The van der Waals surface area contributed by atoms with Gasteiger partial charge in [-0.25, -0.2) is 0 Å². The Morgan fingerprint density at radius 1 is 0.676 bits per heavy atom. The van der Waals surface area contributed by atoms with Crippen LogP contribution in [0.3, 0.4) is 0 Å². The maximum Gasteiger partial charge on any atom is 0.269 e. The Bertz CT molecular complexity index is 1320. The fraction of sp³-hybridized carbons (Fsp3) is 0. The summed E-state index contributed by atoms with van der Waals surface area (Å²) in [6.45, 7) is 0. The minimum atomic E-state index is -0.489. The van der Waals surface area contributed by atoms with E-state index in [-0.39, 0.29) is 11.5 Å². The van der Waals surface area contributed by atoms with E-state index in [1.165, 1.54) is 24.3 Å². The van der Waals surface area contributed by atoms with Gasteiger partial charge in [0.25, 0.3) is 5.69 Å². The second kappa shape index (κ2) is 12.0. The largest absolute Gasteiger partial charge is 0.289 e. The second-order valence-corrected chi connectivity index (χ2v) is 6.74. The van der Waals surface area contributed by atoms with Crippen molar-refractivity contribution in [3.05, 3.63) is 141 Å². The molecule has 0 saturated heterocycles. The molecule has 0 N–H and O–H groups in total. The number of non-ortho nitro benzene ring substituents is 1. The number of nitrogens with zero attached hydrogens (tertiary/aromatic N) is 6. The molecule has 0 spiro atoms. The Hall–Kier alpha value is -5.14. The van der Waals surface area contributed by atoms with Gasteiger partial charge in [0.15, 0.2) is 5.78 Å². The van der Waals surface area contributed by atoms with Gasteiger partial charge >= 0.3 is 0 Å². The molecule has 0 atom stereocenters. The number of carbonyl (C=O) groups is 1. The van der Waals surface area contributed by atoms with Crippen LogP contribution in [0.15, 0.2) is 125 Å². The predicted molar refractivity (Wildman–Crippen MR) is 129 cm³/mol. The Kier molecular flexibility index (Phi) is 8.33. The van der Waals surface area contributed by atoms with Gasteiger partial charge in [0, 0.05) is 33.9 Å². The summed E-state index contributed by atoms with van der Waals surface area (Å²) < 4.78 is 0. The average molecular weight is 450 g/mol. The lowest BCUT2D eigenvalue weighted by molar-refractivity contribution is -0.384. The highest BCUT2D eigenvalue weighted by Gasteiger charge is 2.10. The topological polar surface area (TPSA) is 134 Å².